The third-order valence-electron chi connectivity index (χ3n) is 3.94. The van der Waals surface area contributed by atoms with Gasteiger partial charge in [0.2, 0.25) is 5.91 Å². The van der Waals surface area contributed by atoms with E-state index in [0.717, 1.165) is 25.7 Å². The van der Waals surface area contributed by atoms with Gasteiger partial charge < -0.3 is 10.6 Å². The highest BCUT2D eigenvalue weighted by atomic mass is 32.2. The number of benzene rings is 1. The Morgan fingerprint density at radius 1 is 1.30 bits per heavy atom. The van der Waals surface area contributed by atoms with E-state index in [9.17, 15) is 4.79 Å². The van der Waals surface area contributed by atoms with E-state index in [1.807, 2.05) is 25.2 Å². The molecule has 0 radical (unpaired) electrons. The Morgan fingerprint density at radius 2 is 1.95 bits per heavy atom. The second-order valence-electron chi connectivity index (χ2n) is 5.52. The monoisotopic (exact) mass is 292 g/mol. The van der Waals surface area contributed by atoms with Crippen molar-refractivity contribution in [3.05, 3.63) is 30.3 Å². The van der Waals surface area contributed by atoms with Crippen LogP contribution in [0, 0.1) is 0 Å². The smallest absolute Gasteiger partial charge is 0.236 e. The SMILES string of the molecule is CNC(C)CNC(=O)C1(Sc2ccccc2)CCCC1. The lowest BCUT2D eigenvalue weighted by atomic mass is 10.1. The molecular weight excluding hydrogens is 268 g/mol. The standard InChI is InChI=1S/C16H24N2OS/c1-13(17-2)12-18-15(19)16(10-6-7-11-16)20-14-8-4-3-5-9-14/h3-5,8-9,13,17H,6-7,10-12H2,1-2H3,(H,18,19). The normalized spacial score (nSPS) is 18.7. The first-order valence-electron chi connectivity index (χ1n) is 7.36. The van der Waals surface area contributed by atoms with Gasteiger partial charge in [0, 0.05) is 17.5 Å². The number of carbonyl (C=O) groups is 1. The Morgan fingerprint density at radius 3 is 2.55 bits per heavy atom. The molecule has 2 N–H and O–H groups in total. The van der Waals surface area contributed by atoms with Crippen LogP contribution in [-0.2, 0) is 4.79 Å². The van der Waals surface area contributed by atoms with Gasteiger partial charge in [0.05, 0.1) is 4.75 Å². The topological polar surface area (TPSA) is 41.1 Å². The maximum Gasteiger partial charge on any atom is 0.236 e. The molecule has 1 fully saturated rings. The Labute approximate surface area is 125 Å². The van der Waals surface area contributed by atoms with Crippen molar-refractivity contribution in [1.29, 1.82) is 0 Å². The van der Waals surface area contributed by atoms with Crippen molar-refractivity contribution < 1.29 is 4.79 Å². The van der Waals surface area contributed by atoms with Gasteiger partial charge in [0.25, 0.3) is 0 Å². The van der Waals surface area contributed by atoms with Crippen LogP contribution in [-0.4, -0.2) is 30.3 Å². The Balaban J connectivity index is 2.03. The van der Waals surface area contributed by atoms with Crippen LogP contribution >= 0.6 is 11.8 Å². The molecule has 0 saturated heterocycles. The van der Waals surface area contributed by atoms with Crippen molar-refractivity contribution >= 4 is 17.7 Å². The van der Waals surface area contributed by atoms with Crippen LogP contribution in [0.25, 0.3) is 0 Å². The summed E-state index contributed by atoms with van der Waals surface area (Å²) in [5.41, 5.74) is 0. The van der Waals surface area contributed by atoms with Crippen LogP contribution < -0.4 is 10.6 Å². The molecule has 0 aromatic heterocycles. The molecule has 0 bridgehead atoms. The van der Waals surface area contributed by atoms with Crippen molar-refractivity contribution in [1.82, 2.24) is 10.6 Å². The van der Waals surface area contributed by atoms with Crippen LogP contribution in [0.5, 0.6) is 0 Å². The second-order valence-corrected chi connectivity index (χ2v) is 6.97. The Bertz CT molecular complexity index is 429. The summed E-state index contributed by atoms with van der Waals surface area (Å²) in [5.74, 6) is 0.200. The fraction of sp³-hybridized carbons (Fsp3) is 0.562. The molecule has 1 unspecified atom stereocenters. The zero-order valence-electron chi connectivity index (χ0n) is 12.3. The van der Waals surface area contributed by atoms with Crippen molar-refractivity contribution in [3.63, 3.8) is 0 Å². The fourth-order valence-electron chi connectivity index (χ4n) is 2.54. The largest absolute Gasteiger partial charge is 0.353 e. The van der Waals surface area contributed by atoms with Crippen LogP contribution in [0.4, 0.5) is 0 Å². The molecule has 1 aliphatic carbocycles. The molecule has 1 aromatic rings. The highest BCUT2D eigenvalue weighted by Gasteiger charge is 2.42. The molecule has 1 saturated carbocycles. The van der Waals surface area contributed by atoms with Gasteiger partial charge in [-0.25, -0.2) is 0 Å². The first-order chi connectivity index (χ1) is 9.66. The van der Waals surface area contributed by atoms with Gasteiger partial charge in [0.15, 0.2) is 0 Å². The van der Waals surface area contributed by atoms with Crippen molar-refractivity contribution in [2.45, 2.75) is 48.3 Å². The summed E-state index contributed by atoms with van der Waals surface area (Å²) in [4.78, 5) is 13.8. The molecule has 1 aliphatic rings. The van der Waals surface area contributed by atoms with Crippen LogP contribution in [0.2, 0.25) is 0 Å². The van der Waals surface area contributed by atoms with E-state index in [1.165, 1.54) is 4.90 Å². The van der Waals surface area contributed by atoms with Crippen LogP contribution in [0.3, 0.4) is 0 Å². The van der Waals surface area contributed by atoms with E-state index in [1.54, 1.807) is 11.8 Å². The van der Waals surface area contributed by atoms with Crippen molar-refractivity contribution in [2.24, 2.45) is 0 Å². The molecule has 0 heterocycles. The summed E-state index contributed by atoms with van der Waals surface area (Å²) in [6.07, 6.45) is 4.25. The highest BCUT2D eigenvalue weighted by Crippen LogP contribution is 2.45. The average molecular weight is 292 g/mol. The molecular formula is C16H24N2OS. The number of rotatable bonds is 6. The number of carbonyl (C=O) groups excluding carboxylic acids is 1. The van der Waals surface area contributed by atoms with Gasteiger partial charge in [0.1, 0.15) is 0 Å². The molecule has 20 heavy (non-hydrogen) atoms. The molecule has 1 aromatic carbocycles. The number of hydrogen-bond acceptors (Lipinski definition) is 3. The van der Waals surface area contributed by atoms with Gasteiger partial charge in [-0.1, -0.05) is 31.0 Å². The van der Waals surface area contributed by atoms with E-state index in [-0.39, 0.29) is 10.7 Å². The second kappa shape index (κ2) is 7.14. The van der Waals surface area contributed by atoms with Crippen LogP contribution in [0.15, 0.2) is 35.2 Å². The number of nitrogens with one attached hydrogen (secondary N) is 2. The highest BCUT2D eigenvalue weighted by molar-refractivity contribution is 8.01. The van der Waals surface area contributed by atoms with Gasteiger partial charge in [-0.2, -0.15) is 0 Å². The number of amides is 1. The first-order valence-corrected chi connectivity index (χ1v) is 8.17. The fourth-order valence-corrected chi connectivity index (χ4v) is 3.95. The van der Waals surface area contributed by atoms with E-state index in [0.29, 0.717) is 12.6 Å². The first kappa shape index (κ1) is 15.4. The maximum atomic E-state index is 12.6. The molecule has 0 spiro atoms. The summed E-state index contributed by atoms with van der Waals surface area (Å²) in [6, 6.07) is 10.6. The van der Waals surface area contributed by atoms with Crippen LogP contribution in [0.1, 0.15) is 32.6 Å². The van der Waals surface area contributed by atoms with E-state index in [4.69, 9.17) is 0 Å². The molecule has 4 heteroatoms. The summed E-state index contributed by atoms with van der Waals surface area (Å²) < 4.78 is -0.269. The predicted molar refractivity (Wildman–Crippen MR) is 85.0 cm³/mol. The molecule has 1 amide bonds. The molecule has 110 valence electrons. The van der Waals surface area contributed by atoms with Gasteiger partial charge >= 0.3 is 0 Å². The van der Waals surface area contributed by atoms with E-state index < -0.39 is 0 Å². The molecule has 3 nitrogen and oxygen atoms in total. The predicted octanol–water partition coefficient (Wildman–Crippen LogP) is 2.82. The van der Waals surface area contributed by atoms with Gasteiger partial charge in [-0.05, 0) is 38.9 Å². The zero-order valence-corrected chi connectivity index (χ0v) is 13.1. The lowest BCUT2D eigenvalue weighted by Crippen LogP contribution is -2.46. The summed E-state index contributed by atoms with van der Waals surface area (Å²) in [7, 11) is 1.92. The minimum Gasteiger partial charge on any atom is -0.353 e. The minimum atomic E-state index is -0.269. The van der Waals surface area contributed by atoms with Gasteiger partial charge in [-0.3, -0.25) is 4.79 Å². The van der Waals surface area contributed by atoms with E-state index in [2.05, 4.69) is 29.7 Å². The third-order valence-corrected chi connectivity index (χ3v) is 5.44. The lowest BCUT2D eigenvalue weighted by Gasteiger charge is -2.28. The molecule has 2 rings (SSSR count). The van der Waals surface area contributed by atoms with Crippen molar-refractivity contribution in [2.75, 3.05) is 13.6 Å². The average Bonchev–Trinajstić information content (AvgIpc) is 2.95. The Hall–Kier alpha value is -1.00. The summed E-state index contributed by atoms with van der Waals surface area (Å²) in [5, 5.41) is 6.27. The lowest BCUT2D eigenvalue weighted by molar-refractivity contribution is -0.123. The number of thioether (sulfide) groups is 1. The Kier molecular flexibility index (Phi) is 5.49. The third kappa shape index (κ3) is 3.76. The number of likely N-dealkylation sites (N-methyl/N-ethyl adjacent to an activating group) is 1. The molecule has 1 atom stereocenters. The molecule has 0 aliphatic heterocycles. The zero-order chi connectivity index (χ0) is 14.4. The van der Waals surface area contributed by atoms with Gasteiger partial charge in [-0.15, -0.1) is 11.8 Å². The van der Waals surface area contributed by atoms with E-state index >= 15 is 0 Å². The maximum absolute atomic E-state index is 12.6. The minimum absolute atomic E-state index is 0.200. The number of hydrogen-bond donors (Lipinski definition) is 2. The summed E-state index contributed by atoms with van der Waals surface area (Å²) in [6.45, 7) is 2.76. The van der Waals surface area contributed by atoms with Crippen molar-refractivity contribution in [3.8, 4) is 0 Å². The summed E-state index contributed by atoms with van der Waals surface area (Å²) >= 11 is 1.73. The quantitative estimate of drug-likeness (QED) is 0.847.